The van der Waals surface area contributed by atoms with Gasteiger partial charge < -0.3 is 20.1 Å². The molecule has 2 N–H and O–H groups in total. The number of aliphatic carboxylic acids is 1. The molecule has 0 spiro atoms. The van der Waals surface area contributed by atoms with E-state index in [-0.39, 0.29) is 30.8 Å². The Morgan fingerprint density at radius 1 is 0.976 bits per heavy atom. The topological polar surface area (TPSA) is 99.2 Å². The van der Waals surface area contributed by atoms with Crippen LogP contribution in [0.1, 0.15) is 48.3 Å². The van der Waals surface area contributed by atoms with Crippen LogP contribution in [-0.2, 0) is 20.9 Å². The van der Waals surface area contributed by atoms with E-state index < -0.39 is 18.1 Å². The van der Waals surface area contributed by atoms with E-state index in [0.717, 1.165) is 40.7 Å². The Kier molecular flexibility index (Phi) is 9.54. The molecule has 42 heavy (non-hydrogen) atoms. The van der Waals surface area contributed by atoms with Gasteiger partial charge in [-0.05, 0) is 60.0 Å². The number of likely N-dealkylation sites (N-methyl/N-ethyl adjacent to an activating group) is 1. The van der Waals surface area contributed by atoms with Gasteiger partial charge in [-0.1, -0.05) is 78.9 Å². The van der Waals surface area contributed by atoms with Crippen LogP contribution in [0, 0.1) is 5.92 Å². The monoisotopic (exact) mass is 569 g/mol. The minimum absolute atomic E-state index is 0.0739. The van der Waals surface area contributed by atoms with Gasteiger partial charge in [0.05, 0.1) is 0 Å². The first-order valence-corrected chi connectivity index (χ1v) is 14.7. The van der Waals surface area contributed by atoms with Crippen LogP contribution >= 0.6 is 0 Å². The lowest BCUT2D eigenvalue weighted by Gasteiger charge is -2.36. The summed E-state index contributed by atoms with van der Waals surface area (Å²) in [6, 6.07) is 25.5. The summed E-state index contributed by atoms with van der Waals surface area (Å²) < 4.78 is 5.79. The van der Waals surface area contributed by atoms with Crippen molar-refractivity contribution in [3.05, 3.63) is 95.6 Å². The number of benzene rings is 3. The number of amides is 2. The molecule has 2 amide bonds. The number of carboxylic acid groups (broad SMARTS) is 1. The molecule has 0 aromatic heterocycles. The van der Waals surface area contributed by atoms with Gasteiger partial charge in [0.1, 0.15) is 12.6 Å². The molecule has 1 fully saturated rings. The van der Waals surface area contributed by atoms with Crippen molar-refractivity contribution in [2.75, 3.05) is 33.3 Å². The van der Waals surface area contributed by atoms with Crippen molar-refractivity contribution in [1.82, 2.24) is 15.1 Å². The quantitative estimate of drug-likeness (QED) is 0.332. The Morgan fingerprint density at radius 2 is 1.62 bits per heavy atom. The van der Waals surface area contributed by atoms with Gasteiger partial charge >= 0.3 is 12.1 Å². The maximum atomic E-state index is 13.8. The third kappa shape index (κ3) is 7.18. The minimum atomic E-state index is -0.823. The van der Waals surface area contributed by atoms with Gasteiger partial charge in [-0.3, -0.25) is 14.5 Å². The summed E-state index contributed by atoms with van der Waals surface area (Å²) >= 11 is 0. The summed E-state index contributed by atoms with van der Waals surface area (Å²) in [5, 5.41) is 12.0. The van der Waals surface area contributed by atoms with E-state index in [9.17, 15) is 14.4 Å². The van der Waals surface area contributed by atoms with Crippen LogP contribution in [0.2, 0.25) is 0 Å². The predicted molar refractivity (Wildman–Crippen MR) is 161 cm³/mol. The zero-order chi connectivity index (χ0) is 29.5. The van der Waals surface area contributed by atoms with Crippen LogP contribution in [0.5, 0.6) is 0 Å². The molecule has 5 rings (SSSR count). The normalized spacial score (nSPS) is 16.9. The SMILES string of the molecule is CN(Cc1ccccc1)CC(NC(=O)OCC1c2ccccc2-c2ccccc21)C(=O)N1CCCC(CCC(=O)O)C1. The number of carboxylic acids is 1. The third-order valence-electron chi connectivity index (χ3n) is 8.32. The van der Waals surface area contributed by atoms with E-state index in [4.69, 9.17) is 9.84 Å². The van der Waals surface area contributed by atoms with E-state index in [1.54, 1.807) is 4.90 Å². The molecular formula is C34H39N3O5. The lowest BCUT2D eigenvalue weighted by Crippen LogP contribution is -2.55. The Labute approximate surface area is 247 Å². The molecule has 0 bridgehead atoms. The average Bonchev–Trinajstić information content (AvgIpc) is 3.32. The molecule has 1 aliphatic heterocycles. The van der Waals surface area contributed by atoms with Crippen molar-refractivity contribution in [2.45, 2.75) is 44.2 Å². The minimum Gasteiger partial charge on any atom is -0.481 e. The third-order valence-corrected chi connectivity index (χ3v) is 8.32. The molecule has 8 heteroatoms. The second-order valence-corrected chi connectivity index (χ2v) is 11.4. The van der Waals surface area contributed by atoms with E-state index in [1.807, 2.05) is 66.5 Å². The number of carbonyl (C=O) groups excluding carboxylic acids is 2. The highest BCUT2D eigenvalue weighted by Gasteiger charge is 2.33. The molecular weight excluding hydrogens is 530 g/mol. The zero-order valence-electron chi connectivity index (χ0n) is 24.1. The van der Waals surface area contributed by atoms with Crippen LogP contribution in [0.4, 0.5) is 4.79 Å². The molecule has 3 aromatic rings. The fraction of sp³-hybridized carbons (Fsp3) is 0.382. The predicted octanol–water partition coefficient (Wildman–Crippen LogP) is 5.13. The zero-order valence-corrected chi connectivity index (χ0v) is 24.1. The summed E-state index contributed by atoms with van der Waals surface area (Å²) in [4.78, 5) is 41.9. The van der Waals surface area contributed by atoms with E-state index >= 15 is 0 Å². The summed E-state index contributed by atoms with van der Waals surface area (Å²) in [5.74, 6) is -0.926. The average molecular weight is 570 g/mol. The first kappa shape index (κ1) is 29.3. The van der Waals surface area contributed by atoms with Crippen molar-refractivity contribution in [3.8, 4) is 11.1 Å². The van der Waals surface area contributed by atoms with Gasteiger partial charge in [0.2, 0.25) is 5.91 Å². The van der Waals surface area contributed by atoms with Gasteiger partial charge in [0.25, 0.3) is 0 Å². The van der Waals surface area contributed by atoms with Crippen LogP contribution in [-0.4, -0.2) is 72.2 Å². The van der Waals surface area contributed by atoms with Crippen molar-refractivity contribution >= 4 is 18.0 Å². The number of alkyl carbamates (subject to hydrolysis) is 1. The standard InChI is InChI=1S/C34H39N3O5/c1-36(20-24-10-3-2-4-11-24)22-31(33(40)37-19-9-12-25(21-37)17-18-32(38)39)35-34(41)42-23-30-28-15-7-5-13-26(28)27-14-6-8-16-29(27)30/h2-8,10-11,13-16,25,30-31H,9,12,17-23H2,1H3,(H,35,41)(H,38,39). The highest BCUT2D eigenvalue weighted by molar-refractivity contribution is 5.86. The molecule has 2 aliphatic rings. The number of fused-ring (bicyclic) bond motifs is 3. The molecule has 8 nitrogen and oxygen atoms in total. The first-order valence-electron chi connectivity index (χ1n) is 14.7. The fourth-order valence-electron chi connectivity index (χ4n) is 6.29. The van der Waals surface area contributed by atoms with Crippen molar-refractivity contribution in [1.29, 1.82) is 0 Å². The molecule has 1 saturated heterocycles. The molecule has 0 radical (unpaired) electrons. The molecule has 2 unspecified atom stereocenters. The highest BCUT2D eigenvalue weighted by atomic mass is 16.5. The van der Waals surface area contributed by atoms with Crippen LogP contribution in [0.3, 0.4) is 0 Å². The first-order chi connectivity index (χ1) is 20.4. The number of hydrogen-bond donors (Lipinski definition) is 2. The summed E-state index contributed by atoms with van der Waals surface area (Å²) in [7, 11) is 1.93. The highest BCUT2D eigenvalue weighted by Crippen LogP contribution is 2.44. The summed E-state index contributed by atoms with van der Waals surface area (Å²) in [6.45, 7) is 2.19. The molecule has 1 aliphatic carbocycles. The molecule has 3 aromatic carbocycles. The molecule has 2 atom stereocenters. The second-order valence-electron chi connectivity index (χ2n) is 11.4. The van der Waals surface area contributed by atoms with E-state index in [1.165, 1.54) is 0 Å². The number of rotatable bonds is 11. The summed E-state index contributed by atoms with van der Waals surface area (Å²) in [5.41, 5.74) is 5.67. The van der Waals surface area contributed by atoms with Crippen molar-refractivity contribution in [3.63, 3.8) is 0 Å². The van der Waals surface area contributed by atoms with E-state index in [0.29, 0.717) is 32.6 Å². The maximum absolute atomic E-state index is 13.8. The molecule has 1 heterocycles. The van der Waals surface area contributed by atoms with E-state index in [2.05, 4.69) is 29.6 Å². The Balaban J connectivity index is 1.26. The van der Waals surface area contributed by atoms with Gasteiger partial charge in [-0.25, -0.2) is 4.79 Å². The lowest BCUT2D eigenvalue weighted by atomic mass is 9.93. The van der Waals surface area contributed by atoms with Gasteiger partial charge in [-0.15, -0.1) is 0 Å². The van der Waals surface area contributed by atoms with Gasteiger partial charge in [0, 0.05) is 38.5 Å². The van der Waals surface area contributed by atoms with Crippen LogP contribution in [0.15, 0.2) is 78.9 Å². The number of nitrogens with zero attached hydrogens (tertiary/aromatic N) is 2. The molecule has 220 valence electrons. The number of nitrogens with one attached hydrogen (secondary N) is 1. The van der Waals surface area contributed by atoms with Gasteiger partial charge in [-0.2, -0.15) is 0 Å². The van der Waals surface area contributed by atoms with Crippen molar-refractivity contribution < 1.29 is 24.2 Å². The number of likely N-dealkylation sites (tertiary alicyclic amines) is 1. The summed E-state index contributed by atoms with van der Waals surface area (Å²) in [6.07, 6.45) is 1.72. The maximum Gasteiger partial charge on any atom is 0.407 e. The van der Waals surface area contributed by atoms with Crippen LogP contribution < -0.4 is 5.32 Å². The number of carbonyl (C=O) groups is 3. The Bertz CT molecular complexity index is 1350. The second kappa shape index (κ2) is 13.7. The van der Waals surface area contributed by atoms with Gasteiger partial charge in [0.15, 0.2) is 0 Å². The van der Waals surface area contributed by atoms with Crippen molar-refractivity contribution in [2.24, 2.45) is 5.92 Å². The lowest BCUT2D eigenvalue weighted by molar-refractivity contribution is -0.137. The van der Waals surface area contributed by atoms with Crippen LogP contribution in [0.25, 0.3) is 11.1 Å². The molecule has 0 saturated carbocycles. The Morgan fingerprint density at radius 3 is 2.29 bits per heavy atom. The number of piperidine rings is 1. The smallest absolute Gasteiger partial charge is 0.407 e. The Hall–Kier alpha value is -4.17. The number of ether oxygens (including phenoxy) is 1. The largest absolute Gasteiger partial charge is 0.481 e. The fourth-order valence-corrected chi connectivity index (χ4v) is 6.29. The number of hydrogen-bond acceptors (Lipinski definition) is 5.